The summed E-state index contributed by atoms with van der Waals surface area (Å²) in [6.07, 6.45) is 3.68. The number of methoxy groups -OCH3 is 1. The largest absolute Gasteiger partial charge is 0.466 e. The fraction of sp³-hybridized carbons (Fsp3) is 0.692. The Bertz CT molecular complexity index is 376. The van der Waals surface area contributed by atoms with Crippen LogP contribution in [0.15, 0.2) is 11.6 Å². The zero-order valence-corrected chi connectivity index (χ0v) is 13.2. The van der Waals surface area contributed by atoms with Gasteiger partial charge in [-0.05, 0) is 39.0 Å². The first-order valence-electron chi connectivity index (χ1n) is 5.91. The van der Waals surface area contributed by atoms with E-state index in [1.807, 2.05) is 6.92 Å². The molecule has 0 unspecified atom stereocenters. The molecule has 5 heteroatoms. The van der Waals surface area contributed by atoms with Crippen LogP contribution in [0.5, 0.6) is 0 Å². The van der Waals surface area contributed by atoms with Gasteiger partial charge in [-0.2, -0.15) is 0 Å². The molecule has 0 saturated heterocycles. The smallest absolute Gasteiger partial charge is 0.330 e. The van der Waals surface area contributed by atoms with Crippen LogP contribution in [0.4, 0.5) is 0 Å². The van der Waals surface area contributed by atoms with Gasteiger partial charge < -0.3 is 4.74 Å². The molecule has 0 radical (unpaired) electrons. The Morgan fingerprint density at radius 2 is 2.11 bits per heavy atom. The molecule has 0 aliphatic heterocycles. The molecule has 0 heterocycles. The number of hydrogen-bond acceptors (Lipinski definition) is 3. The summed E-state index contributed by atoms with van der Waals surface area (Å²) in [5.41, 5.74) is 0.540. The van der Waals surface area contributed by atoms with Crippen molar-refractivity contribution in [3.05, 3.63) is 11.6 Å². The Morgan fingerprint density at radius 1 is 1.50 bits per heavy atom. The van der Waals surface area contributed by atoms with Gasteiger partial charge in [-0.1, -0.05) is 15.9 Å². The van der Waals surface area contributed by atoms with Crippen LogP contribution in [-0.4, -0.2) is 28.6 Å². The van der Waals surface area contributed by atoms with Crippen molar-refractivity contribution in [2.45, 2.75) is 42.8 Å². The number of carbonyl (C=O) groups is 2. The molecule has 102 valence electrons. The maximum atomic E-state index is 11.6. The predicted molar refractivity (Wildman–Crippen MR) is 75.1 cm³/mol. The Hall–Kier alpha value is -0.350. The van der Waals surface area contributed by atoms with Gasteiger partial charge in [0.05, 0.1) is 12.0 Å². The fourth-order valence-electron chi connectivity index (χ4n) is 2.20. The monoisotopic (exact) mass is 336 g/mol. The minimum Gasteiger partial charge on any atom is -0.466 e. The third-order valence-corrected chi connectivity index (χ3v) is 5.55. The number of rotatable bonds is 3. The highest BCUT2D eigenvalue weighted by atomic mass is 79.9. The van der Waals surface area contributed by atoms with Crippen LogP contribution in [0.1, 0.15) is 33.1 Å². The van der Waals surface area contributed by atoms with E-state index in [4.69, 9.17) is 11.6 Å². The van der Waals surface area contributed by atoms with E-state index in [0.29, 0.717) is 5.57 Å². The van der Waals surface area contributed by atoms with E-state index < -0.39 is 5.97 Å². The van der Waals surface area contributed by atoms with Crippen LogP contribution in [0.25, 0.3) is 0 Å². The van der Waals surface area contributed by atoms with E-state index in [0.717, 1.165) is 19.3 Å². The van der Waals surface area contributed by atoms with Gasteiger partial charge >= 0.3 is 5.97 Å². The third kappa shape index (κ3) is 3.82. The van der Waals surface area contributed by atoms with Gasteiger partial charge in [0, 0.05) is 16.5 Å². The molecule has 0 aromatic heterocycles. The number of Topliss-reactive ketones (excluding diaryl/α,β-unsaturated/α-hetero) is 1. The summed E-state index contributed by atoms with van der Waals surface area (Å²) in [6, 6.07) is 0. The van der Waals surface area contributed by atoms with Crippen LogP contribution >= 0.6 is 27.5 Å². The van der Waals surface area contributed by atoms with Crippen LogP contribution < -0.4 is 0 Å². The second-order valence-corrected chi connectivity index (χ2v) is 6.86. The number of ether oxygens (including phenoxy) is 1. The average Bonchev–Trinajstić information content (AvgIpc) is 2.29. The lowest BCUT2D eigenvalue weighted by molar-refractivity contribution is -0.135. The van der Waals surface area contributed by atoms with Gasteiger partial charge in [-0.15, -0.1) is 11.6 Å². The van der Waals surface area contributed by atoms with Crippen LogP contribution in [0.2, 0.25) is 0 Å². The molecule has 1 fully saturated rings. The molecule has 0 aromatic rings. The van der Waals surface area contributed by atoms with Gasteiger partial charge in [0.2, 0.25) is 0 Å². The minimum atomic E-state index is -0.481. The average molecular weight is 338 g/mol. The minimum absolute atomic E-state index is 0.0674. The molecule has 1 aliphatic rings. The highest BCUT2D eigenvalue weighted by Gasteiger charge is 2.38. The lowest BCUT2D eigenvalue weighted by Gasteiger charge is -2.37. The summed E-state index contributed by atoms with van der Waals surface area (Å²) in [5, 5.41) is 0. The van der Waals surface area contributed by atoms with E-state index in [-0.39, 0.29) is 21.4 Å². The van der Waals surface area contributed by atoms with Gasteiger partial charge in [-0.3, -0.25) is 4.79 Å². The van der Waals surface area contributed by atoms with Crippen LogP contribution in [-0.2, 0) is 14.3 Å². The summed E-state index contributed by atoms with van der Waals surface area (Å²) in [4.78, 5) is 22.8. The van der Waals surface area contributed by atoms with Crippen molar-refractivity contribution in [3.8, 4) is 0 Å². The van der Waals surface area contributed by atoms with E-state index >= 15 is 0 Å². The molecule has 3 nitrogen and oxygen atoms in total. The summed E-state index contributed by atoms with van der Waals surface area (Å²) in [5.74, 6) is -0.494. The molecular formula is C13H18BrClO3. The predicted octanol–water partition coefficient (Wildman–Crippen LogP) is 3.24. The Morgan fingerprint density at radius 3 is 2.56 bits per heavy atom. The van der Waals surface area contributed by atoms with E-state index in [2.05, 4.69) is 20.7 Å². The molecule has 1 rings (SSSR count). The SMILES string of the molecule is COC(=O)/C=C(\C(C)=O)[C@H]1CC[C@](C)(Cl)[C@@H](Br)C1. The van der Waals surface area contributed by atoms with Gasteiger partial charge in [-0.25, -0.2) is 4.79 Å². The molecule has 0 bridgehead atoms. The Labute approximate surface area is 121 Å². The second-order valence-electron chi connectivity index (χ2n) is 4.90. The first-order valence-corrected chi connectivity index (χ1v) is 7.20. The zero-order chi connectivity index (χ0) is 13.9. The maximum absolute atomic E-state index is 11.6. The molecule has 0 amide bonds. The standard InChI is InChI=1S/C13H18BrClO3/c1-8(16)10(7-12(17)18-3)9-4-5-13(2,15)11(14)6-9/h7,9,11H,4-6H2,1-3H3/b10-7+/t9-,11-,13-/m0/s1. The first kappa shape index (κ1) is 15.7. The normalized spacial score (nSPS) is 33.1. The van der Waals surface area contributed by atoms with Crippen molar-refractivity contribution in [2.24, 2.45) is 5.92 Å². The second kappa shape index (κ2) is 6.20. The fourth-order valence-corrected chi connectivity index (χ4v) is 3.08. The van der Waals surface area contributed by atoms with Gasteiger partial charge in [0.15, 0.2) is 5.78 Å². The summed E-state index contributed by atoms with van der Waals surface area (Å²) >= 11 is 9.93. The summed E-state index contributed by atoms with van der Waals surface area (Å²) < 4.78 is 4.58. The number of ketones is 1. The lowest BCUT2D eigenvalue weighted by atomic mass is 9.77. The molecule has 18 heavy (non-hydrogen) atoms. The van der Waals surface area contributed by atoms with Gasteiger partial charge in [0.25, 0.3) is 0 Å². The molecule has 1 saturated carbocycles. The molecular weight excluding hydrogens is 319 g/mol. The number of allylic oxidation sites excluding steroid dienone is 1. The van der Waals surface area contributed by atoms with Crippen molar-refractivity contribution in [1.29, 1.82) is 0 Å². The van der Waals surface area contributed by atoms with Crippen molar-refractivity contribution in [3.63, 3.8) is 0 Å². The van der Waals surface area contributed by atoms with E-state index in [1.165, 1.54) is 20.1 Å². The Balaban J connectivity index is 2.87. The number of halogens is 2. The first-order chi connectivity index (χ1) is 8.27. The highest BCUT2D eigenvalue weighted by molar-refractivity contribution is 9.09. The number of hydrogen-bond donors (Lipinski definition) is 0. The number of carbonyl (C=O) groups excluding carboxylic acids is 2. The van der Waals surface area contributed by atoms with Crippen molar-refractivity contribution >= 4 is 39.3 Å². The number of alkyl halides is 2. The molecule has 3 atom stereocenters. The van der Waals surface area contributed by atoms with Crippen molar-refractivity contribution < 1.29 is 14.3 Å². The van der Waals surface area contributed by atoms with E-state index in [9.17, 15) is 9.59 Å². The third-order valence-electron chi connectivity index (χ3n) is 3.45. The zero-order valence-electron chi connectivity index (χ0n) is 10.8. The summed E-state index contributed by atoms with van der Waals surface area (Å²) in [6.45, 7) is 3.47. The molecule has 0 spiro atoms. The molecule has 0 aromatic carbocycles. The molecule has 0 N–H and O–H groups in total. The van der Waals surface area contributed by atoms with Crippen LogP contribution in [0, 0.1) is 5.92 Å². The highest BCUT2D eigenvalue weighted by Crippen LogP contribution is 2.43. The quantitative estimate of drug-likeness (QED) is 0.451. The van der Waals surface area contributed by atoms with Crippen molar-refractivity contribution in [2.75, 3.05) is 7.11 Å². The van der Waals surface area contributed by atoms with Crippen molar-refractivity contribution in [1.82, 2.24) is 0 Å². The summed E-state index contributed by atoms with van der Waals surface area (Å²) in [7, 11) is 1.31. The lowest BCUT2D eigenvalue weighted by Crippen LogP contribution is -2.37. The molecule has 1 aliphatic carbocycles. The van der Waals surface area contributed by atoms with Crippen LogP contribution in [0.3, 0.4) is 0 Å². The maximum Gasteiger partial charge on any atom is 0.330 e. The number of esters is 1. The van der Waals surface area contributed by atoms with E-state index in [1.54, 1.807) is 0 Å². The Kier molecular flexibility index (Phi) is 5.41. The topological polar surface area (TPSA) is 43.4 Å². The van der Waals surface area contributed by atoms with Gasteiger partial charge in [0.1, 0.15) is 0 Å².